The van der Waals surface area contributed by atoms with Gasteiger partial charge in [0.15, 0.2) is 5.11 Å². The quantitative estimate of drug-likeness (QED) is 0.452. The topological polar surface area (TPSA) is 69.8 Å². The van der Waals surface area contributed by atoms with E-state index in [1.807, 2.05) is 13.0 Å². The second kappa shape index (κ2) is 11.4. The molecule has 0 aliphatic carbocycles. The molecule has 0 bridgehead atoms. The first-order chi connectivity index (χ1) is 16.0. The summed E-state index contributed by atoms with van der Waals surface area (Å²) in [6.45, 7) is 11.6. The minimum absolute atomic E-state index is 0.0522. The number of benzene rings is 1. The van der Waals surface area contributed by atoms with E-state index < -0.39 is 0 Å². The molecule has 7 nitrogen and oxygen atoms in total. The maximum atomic E-state index is 12.9. The third-order valence-corrected chi connectivity index (χ3v) is 7.16. The Labute approximate surface area is 201 Å². The van der Waals surface area contributed by atoms with Crippen molar-refractivity contribution in [3.05, 3.63) is 45.2 Å². The number of ether oxygens (including phenoxy) is 2. The van der Waals surface area contributed by atoms with E-state index in [4.69, 9.17) is 21.7 Å². The minimum Gasteiger partial charge on any atom is -0.379 e. The van der Waals surface area contributed by atoms with E-state index in [1.165, 1.54) is 5.56 Å². The summed E-state index contributed by atoms with van der Waals surface area (Å²) < 4.78 is 11.3. The number of aryl methyl sites for hydroxylation is 2. The van der Waals surface area contributed by atoms with Crippen molar-refractivity contribution in [1.82, 2.24) is 20.1 Å². The molecule has 2 aliphatic rings. The number of aromatic nitrogens is 1. The molecule has 2 fully saturated rings. The van der Waals surface area contributed by atoms with E-state index in [-0.39, 0.29) is 11.7 Å². The van der Waals surface area contributed by atoms with Crippen molar-refractivity contribution in [1.29, 1.82) is 0 Å². The molecule has 2 aromatic rings. The van der Waals surface area contributed by atoms with Gasteiger partial charge in [0.05, 0.1) is 31.4 Å². The lowest BCUT2D eigenvalue weighted by Crippen LogP contribution is -2.45. The van der Waals surface area contributed by atoms with Crippen LogP contribution in [0.2, 0.25) is 0 Å². The molecule has 0 radical (unpaired) electrons. The van der Waals surface area contributed by atoms with Crippen molar-refractivity contribution < 1.29 is 9.47 Å². The predicted molar refractivity (Wildman–Crippen MR) is 136 cm³/mol. The number of morpholine rings is 1. The van der Waals surface area contributed by atoms with Crippen LogP contribution >= 0.6 is 12.2 Å². The molecule has 0 spiro atoms. The number of hydrogen-bond donors (Lipinski definition) is 2. The fourth-order valence-electron chi connectivity index (χ4n) is 4.58. The Morgan fingerprint density at radius 1 is 1.27 bits per heavy atom. The Hall–Kier alpha value is -2.00. The maximum absolute atomic E-state index is 12.9. The Kier molecular flexibility index (Phi) is 8.35. The molecule has 0 unspecified atom stereocenters. The fraction of sp³-hybridized carbons (Fsp3) is 0.600. The SMILES string of the molecule is Cc1ccc2cc(CN(C[C@H]3CCCO3)C(=S)NCCCN3CCOCC3)c(=O)[nH]c2c1C. The molecule has 0 amide bonds. The van der Waals surface area contributed by atoms with Crippen molar-refractivity contribution in [2.75, 3.05) is 52.5 Å². The monoisotopic (exact) mass is 472 g/mol. The van der Waals surface area contributed by atoms with Gasteiger partial charge in [-0.15, -0.1) is 0 Å². The van der Waals surface area contributed by atoms with Crippen LogP contribution < -0.4 is 10.9 Å². The third kappa shape index (κ3) is 6.32. The van der Waals surface area contributed by atoms with Gasteiger partial charge in [0, 0.05) is 38.3 Å². The van der Waals surface area contributed by atoms with E-state index in [0.717, 1.165) is 87.3 Å². The Balaban J connectivity index is 1.42. The number of nitrogens with one attached hydrogen (secondary N) is 2. The zero-order chi connectivity index (χ0) is 23.2. The highest BCUT2D eigenvalue weighted by Crippen LogP contribution is 2.20. The zero-order valence-electron chi connectivity index (χ0n) is 19.8. The van der Waals surface area contributed by atoms with Gasteiger partial charge in [0.2, 0.25) is 0 Å². The largest absolute Gasteiger partial charge is 0.379 e. The van der Waals surface area contributed by atoms with E-state index in [9.17, 15) is 4.79 Å². The van der Waals surface area contributed by atoms with Crippen LogP contribution in [0.25, 0.3) is 10.9 Å². The van der Waals surface area contributed by atoms with Gasteiger partial charge in [-0.25, -0.2) is 0 Å². The third-order valence-electron chi connectivity index (χ3n) is 6.76. The first kappa shape index (κ1) is 24.1. The molecular weight excluding hydrogens is 436 g/mol. The van der Waals surface area contributed by atoms with Crippen molar-refractivity contribution in [3.63, 3.8) is 0 Å². The lowest BCUT2D eigenvalue weighted by molar-refractivity contribution is 0.0375. The van der Waals surface area contributed by atoms with Crippen LogP contribution in [0, 0.1) is 13.8 Å². The predicted octanol–water partition coefficient (Wildman–Crippen LogP) is 2.72. The minimum atomic E-state index is -0.0522. The molecule has 2 N–H and O–H groups in total. The molecule has 4 rings (SSSR count). The van der Waals surface area contributed by atoms with Crippen LogP contribution in [-0.4, -0.2) is 78.5 Å². The Morgan fingerprint density at radius 2 is 2.09 bits per heavy atom. The number of rotatable bonds is 8. The highest BCUT2D eigenvalue weighted by molar-refractivity contribution is 7.80. The molecule has 2 saturated heterocycles. The van der Waals surface area contributed by atoms with Gasteiger partial charge < -0.3 is 24.7 Å². The standard InChI is InChI=1S/C25H36N4O3S/c1-18-6-7-20-15-21(24(30)27-23(20)19(18)2)16-29(17-22-5-3-12-32-22)25(33)26-8-4-9-28-10-13-31-14-11-28/h6-7,15,22H,3-5,8-14,16-17H2,1-2H3,(H,26,33)(H,27,30)/t22-/m1/s1. The summed E-state index contributed by atoms with van der Waals surface area (Å²) in [7, 11) is 0. The number of pyridine rings is 1. The molecule has 0 saturated carbocycles. The van der Waals surface area contributed by atoms with Gasteiger partial charge >= 0.3 is 0 Å². The van der Waals surface area contributed by atoms with Crippen LogP contribution in [0.1, 0.15) is 36.0 Å². The van der Waals surface area contributed by atoms with Gasteiger partial charge in [0.25, 0.3) is 5.56 Å². The average molecular weight is 473 g/mol. The summed E-state index contributed by atoms with van der Waals surface area (Å²) >= 11 is 5.77. The summed E-state index contributed by atoms with van der Waals surface area (Å²) in [5.74, 6) is 0. The molecule has 2 aliphatic heterocycles. The van der Waals surface area contributed by atoms with Crippen molar-refractivity contribution in [2.24, 2.45) is 0 Å². The van der Waals surface area contributed by atoms with Gasteiger partial charge in [-0.05, 0) is 74.5 Å². The van der Waals surface area contributed by atoms with Crippen molar-refractivity contribution in [3.8, 4) is 0 Å². The van der Waals surface area contributed by atoms with Gasteiger partial charge in [-0.3, -0.25) is 9.69 Å². The van der Waals surface area contributed by atoms with Crippen LogP contribution in [0.15, 0.2) is 23.0 Å². The molecule has 33 heavy (non-hydrogen) atoms. The van der Waals surface area contributed by atoms with Crippen LogP contribution in [0.3, 0.4) is 0 Å². The number of hydrogen-bond acceptors (Lipinski definition) is 5. The van der Waals surface area contributed by atoms with Crippen LogP contribution in [0.4, 0.5) is 0 Å². The number of nitrogens with zero attached hydrogens (tertiary/aromatic N) is 2. The summed E-state index contributed by atoms with van der Waals surface area (Å²) in [6.07, 6.45) is 3.28. The second-order valence-electron chi connectivity index (χ2n) is 9.15. The molecule has 180 valence electrons. The van der Waals surface area contributed by atoms with E-state index in [1.54, 1.807) is 0 Å². The number of thiocarbonyl (C=S) groups is 1. The summed E-state index contributed by atoms with van der Waals surface area (Å²) in [5, 5.41) is 5.16. The normalized spacial score (nSPS) is 19.2. The van der Waals surface area contributed by atoms with Crippen LogP contribution in [-0.2, 0) is 16.0 Å². The maximum Gasteiger partial charge on any atom is 0.253 e. The lowest BCUT2D eigenvalue weighted by atomic mass is 10.0. The number of fused-ring (bicyclic) bond motifs is 1. The first-order valence-electron chi connectivity index (χ1n) is 12.1. The Bertz CT molecular complexity index is 1010. The van der Waals surface area contributed by atoms with Crippen molar-refractivity contribution >= 4 is 28.2 Å². The highest BCUT2D eigenvalue weighted by Gasteiger charge is 2.22. The average Bonchev–Trinajstić information content (AvgIpc) is 3.33. The van der Waals surface area contributed by atoms with E-state index in [2.05, 4.69) is 39.2 Å². The molecular formula is C25H36N4O3S. The van der Waals surface area contributed by atoms with Gasteiger partial charge in [-0.2, -0.15) is 0 Å². The van der Waals surface area contributed by atoms with Crippen molar-refractivity contribution in [2.45, 2.75) is 45.8 Å². The number of H-pyrrole nitrogens is 1. The van der Waals surface area contributed by atoms with E-state index >= 15 is 0 Å². The molecule has 1 atom stereocenters. The molecule has 8 heteroatoms. The first-order valence-corrected chi connectivity index (χ1v) is 12.5. The second-order valence-corrected chi connectivity index (χ2v) is 9.54. The summed E-state index contributed by atoms with van der Waals surface area (Å²) in [5.41, 5.74) is 3.88. The highest BCUT2D eigenvalue weighted by atomic mass is 32.1. The number of aromatic amines is 1. The Morgan fingerprint density at radius 3 is 2.85 bits per heavy atom. The fourth-order valence-corrected chi connectivity index (χ4v) is 4.82. The van der Waals surface area contributed by atoms with Crippen LogP contribution in [0.5, 0.6) is 0 Å². The van der Waals surface area contributed by atoms with Gasteiger partial charge in [-0.1, -0.05) is 12.1 Å². The molecule has 3 heterocycles. The summed E-state index contributed by atoms with van der Waals surface area (Å²) in [4.78, 5) is 20.6. The van der Waals surface area contributed by atoms with E-state index in [0.29, 0.717) is 18.2 Å². The molecule has 1 aromatic heterocycles. The smallest absolute Gasteiger partial charge is 0.253 e. The zero-order valence-corrected chi connectivity index (χ0v) is 20.6. The lowest BCUT2D eigenvalue weighted by Gasteiger charge is -2.29. The molecule has 1 aromatic carbocycles. The van der Waals surface area contributed by atoms with Gasteiger partial charge in [0.1, 0.15) is 0 Å². The summed E-state index contributed by atoms with van der Waals surface area (Å²) in [6, 6.07) is 6.18.